The van der Waals surface area contributed by atoms with Crippen molar-refractivity contribution in [1.29, 1.82) is 0 Å². The van der Waals surface area contributed by atoms with Gasteiger partial charge in [-0.1, -0.05) is 23.7 Å². The first kappa shape index (κ1) is 23.3. The molecular weight excluding hydrogens is 454 g/mol. The lowest BCUT2D eigenvalue weighted by Gasteiger charge is -2.15. The topological polar surface area (TPSA) is 79.7 Å². The average Bonchev–Trinajstić information content (AvgIpc) is 3.15. The first-order valence-electron chi connectivity index (χ1n) is 10.9. The number of nitrogens with zero attached hydrogens (tertiary/aromatic N) is 1. The standard InChI is InChI=1S/C26H24ClN3O4/c1-3-34-22-12-4-17(5-13-22)16-30-24(18-6-10-20(27)11-7-18)23(26(32)29-30)28-25(31)19-8-14-21(33-2)15-9-19/h4-16,23-24H,3H2,1-2H3,(H-,28,29,31,32)/p+1/b30-16-/t23-,24-/m1/s1. The molecule has 0 aromatic heterocycles. The van der Waals surface area contributed by atoms with Gasteiger partial charge in [0.1, 0.15) is 11.5 Å². The third kappa shape index (κ3) is 5.21. The Morgan fingerprint density at radius 1 is 1.03 bits per heavy atom. The summed E-state index contributed by atoms with van der Waals surface area (Å²) < 4.78 is 12.4. The van der Waals surface area contributed by atoms with Gasteiger partial charge in [0.25, 0.3) is 5.91 Å². The summed E-state index contributed by atoms with van der Waals surface area (Å²) in [4.78, 5) is 25.9. The van der Waals surface area contributed by atoms with Gasteiger partial charge in [-0.05, 0) is 67.6 Å². The molecule has 0 saturated carbocycles. The van der Waals surface area contributed by atoms with Gasteiger partial charge in [0.2, 0.25) is 12.3 Å². The van der Waals surface area contributed by atoms with Crippen LogP contribution in [-0.2, 0) is 4.79 Å². The van der Waals surface area contributed by atoms with E-state index in [1.807, 2.05) is 49.5 Å². The molecule has 34 heavy (non-hydrogen) atoms. The minimum absolute atomic E-state index is 0.316. The summed E-state index contributed by atoms with van der Waals surface area (Å²) in [6.07, 6.45) is 1.83. The van der Waals surface area contributed by atoms with E-state index < -0.39 is 12.1 Å². The van der Waals surface area contributed by atoms with Crippen molar-refractivity contribution in [2.24, 2.45) is 0 Å². The highest BCUT2D eigenvalue weighted by Crippen LogP contribution is 2.27. The molecule has 8 heteroatoms. The Bertz CT molecular complexity index is 1190. The molecule has 4 rings (SSSR count). The Hall–Kier alpha value is -3.84. The second kappa shape index (κ2) is 10.4. The summed E-state index contributed by atoms with van der Waals surface area (Å²) in [6, 6.07) is 20.2. The minimum atomic E-state index is -0.824. The second-order valence-electron chi connectivity index (χ2n) is 7.69. The van der Waals surface area contributed by atoms with Gasteiger partial charge in [0.15, 0.2) is 6.04 Å². The summed E-state index contributed by atoms with van der Waals surface area (Å²) in [7, 11) is 1.56. The average molecular weight is 479 g/mol. The SMILES string of the molecule is CCOc1ccc(/C=[N+]2\NC(=O)[C@H](NC(=O)c3ccc(OC)cc3)[C@H]2c2ccc(Cl)cc2)cc1. The summed E-state index contributed by atoms with van der Waals surface area (Å²) in [5, 5.41) is 3.47. The van der Waals surface area contributed by atoms with E-state index in [9.17, 15) is 9.59 Å². The molecule has 1 aliphatic heterocycles. The monoisotopic (exact) mass is 478 g/mol. The molecule has 3 aromatic rings. The molecule has 1 fully saturated rings. The molecule has 0 unspecified atom stereocenters. The van der Waals surface area contributed by atoms with Gasteiger partial charge in [-0.25, -0.2) is 0 Å². The number of hydrazone groups is 1. The molecule has 0 bridgehead atoms. The second-order valence-corrected chi connectivity index (χ2v) is 8.13. The third-order valence-corrected chi connectivity index (χ3v) is 5.72. The van der Waals surface area contributed by atoms with E-state index >= 15 is 0 Å². The molecule has 1 aliphatic rings. The predicted molar refractivity (Wildman–Crippen MR) is 130 cm³/mol. The van der Waals surface area contributed by atoms with Crippen molar-refractivity contribution in [2.75, 3.05) is 13.7 Å². The zero-order chi connectivity index (χ0) is 24.1. The number of benzene rings is 3. The zero-order valence-electron chi connectivity index (χ0n) is 18.8. The number of amides is 2. The van der Waals surface area contributed by atoms with Crippen molar-refractivity contribution in [3.8, 4) is 11.5 Å². The number of hydrogen-bond acceptors (Lipinski definition) is 4. The molecule has 3 aromatic carbocycles. The first-order chi connectivity index (χ1) is 16.5. The highest BCUT2D eigenvalue weighted by atomic mass is 35.5. The number of rotatable bonds is 7. The molecule has 2 amide bonds. The predicted octanol–water partition coefficient (Wildman–Crippen LogP) is 3.76. The van der Waals surface area contributed by atoms with Crippen LogP contribution < -0.4 is 20.2 Å². The summed E-state index contributed by atoms with van der Waals surface area (Å²) in [6.45, 7) is 2.51. The molecule has 1 heterocycles. The van der Waals surface area contributed by atoms with E-state index in [1.54, 1.807) is 48.2 Å². The molecule has 2 atom stereocenters. The lowest BCUT2D eigenvalue weighted by molar-refractivity contribution is -0.596. The van der Waals surface area contributed by atoms with Crippen LogP contribution in [0.4, 0.5) is 0 Å². The molecule has 0 aliphatic carbocycles. The fourth-order valence-corrected chi connectivity index (χ4v) is 3.91. The maximum atomic E-state index is 13.0. The van der Waals surface area contributed by atoms with Crippen molar-refractivity contribution < 1.29 is 23.7 Å². The Morgan fingerprint density at radius 3 is 2.29 bits per heavy atom. The number of halogens is 1. The van der Waals surface area contributed by atoms with Crippen molar-refractivity contribution in [3.63, 3.8) is 0 Å². The van der Waals surface area contributed by atoms with Crippen LogP contribution in [-0.4, -0.2) is 42.5 Å². The van der Waals surface area contributed by atoms with Crippen molar-refractivity contribution in [1.82, 2.24) is 10.7 Å². The Balaban J connectivity index is 1.65. The number of hydrazine groups is 1. The van der Waals surface area contributed by atoms with Gasteiger partial charge in [0, 0.05) is 21.7 Å². The lowest BCUT2D eigenvalue weighted by Crippen LogP contribution is -2.42. The van der Waals surface area contributed by atoms with E-state index in [4.69, 9.17) is 21.1 Å². The van der Waals surface area contributed by atoms with Crippen LogP contribution in [0.3, 0.4) is 0 Å². The smallest absolute Gasteiger partial charge is 0.304 e. The van der Waals surface area contributed by atoms with E-state index in [-0.39, 0.29) is 11.8 Å². The summed E-state index contributed by atoms with van der Waals surface area (Å²) in [5.41, 5.74) is 4.99. The Kier molecular flexibility index (Phi) is 7.13. The number of ether oxygens (including phenoxy) is 2. The molecule has 0 radical (unpaired) electrons. The third-order valence-electron chi connectivity index (χ3n) is 5.47. The maximum Gasteiger partial charge on any atom is 0.304 e. The number of methoxy groups -OCH3 is 1. The van der Waals surface area contributed by atoms with Crippen LogP contribution >= 0.6 is 11.6 Å². The largest absolute Gasteiger partial charge is 0.497 e. The van der Waals surface area contributed by atoms with Crippen LogP contribution in [0.2, 0.25) is 5.02 Å². The van der Waals surface area contributed by atoms with E-state index in [2.05, 4.69) is 10.7 Å². The minimum Gasteiger partial charge on any atom is -0.497 e. The Labute approximate surface area is 202 Å². The van der Waals surface area contributed by atoms with Crippen molar-refractivity contribution >= 4 is 29.6 Å². The van der Waals surface area contributed by atoms with Crippen LogP contribution in [0.5, 0.6) is 11.5 Å². The zero-order valence-corrected chi connectivity index (χ0v) is 19.6. The molecule has 2 N–H and O–H groups in total. The van der Waals surface area contributed by atoms with Gasteiger partial charge in [-0.2, -0.15) is 0 Å². The van der Waals surface area contributed by atoms with Gasteiger partial charge in [-0.3, -0.25) is 9.59 Å². The molecule has 0 spiro atoms. The van der Waals surface area contributed by atoms with Crippen LogP contribution in [0, 0.1) is 0 Å². The van der Waals surface area contributed by atoms with Crippen LogP contribution in [0.15, 0.2) is 72.8 Å². The molecular formula is C26H25ClN3O4+. The van der Waals surface area contributed by atoms with Crippen LogP contribution in [0.25, 0.3) is 0 Å². The molecule has 174 valence electrons. The quantitative estimate of drug-likeness (QED) is 0.507. The van der Waals surface area contributed by atoms with Crippen molar-refractivity contribution in [2.45, 2.75) is 19.0 Å². The number of hydrogen-bond donors (Lipinski definition) is 2. The van der Waals surface area contributed by atoms with Gasteiger partial charge < -0.3 is 14.8 Å². The lowest BCUT2D eigenvalue weighted by atomic mass is 9.99. The van der Waals surface area contributed by atoms with E-state index in [0.29, 0.717) is 22.9 Å². The summed E-state index contributed by atoms with van der Waals surface area (Å²) in [5.74, 6) is 0.739. The van der Waals surface area contributed by atoms with E-state index in [0.717, 1.165) is 16.9 Å². The molecule has 7 nitrogen and oxygen atoms in total. The number of carbonyl (C=O) groups excluding carboxylic acids is 2. The highest BCUT2D eigenvalue weighted by Gasteiger charge is 2.47. The van der Waals surface area contributed by atoms with E-state index in [1.165, 1.54) is 0 Å². The molecule has 1 saturated heterocycles. The number of carbonyl (C=O) groups is 2. The highest BCUT2D eigenvalue weighted by molar-refractivity contribution is 6.30. The first-order valence-corrected chi connectivity index (χ1v) is 11.2. The van der Waals surface area contributed by atoms with Gasteiger partial charge >= 0.3 is 5.91 Å². The van der Waals surface area contributed by atoms with Crippen LogP contribution in [0.1, 0.15) is 34.5 Å². The summed E-state index contributed by atoms with van der Waals surface area (Å²) >= 11 is 6.08. The number of nitrogens with one attached hydrogen (secondary N) is 2. The van der Waals surface area contributed by atoms with Gasteiger partial charge in [-0.15, -0.1) is 10.1 Å². The fraction of sp³-hybridized carbons (Fsp3) is 0.192. The normalized spacial score (nSPS) is 18.4. The maximum absolute atomic E-state index is 13.0. The van der Waals surface area contributed by atoms with Crippen molar-refractivity contribution in [3.05, 3.63) is 94.5 Å². The fourth-order valence-electron chi connectivity index (χ4n) is 3.78. The Morgan fingerprint density at radius 2 is 1.68 bits per heavy atom. The van der Waals surface area contributed by atoms with Gasteiger partial charge in [0.05, 0.1) is 13.7 Å².